The van der Waals surface area contributed by atoms with Crippen molar-refractivity contribution in [2.45, 2.75) is 6.42 Å². The van der Waals surface area contributed by atoms with E-state index in [-0.39, 0.29) is 30.9 Å². The number of rotatable bonds is 7. The molecule has 0 saturated carbocycles. The third-order valence-corrected chi connectivity index (χ3v) is 4.67. The molecule has 2 N–H and O–H groups in total. The number of Topliss-reactive ketones (excluding diaryl/α,β-unsaturated/α-hetero) is 1. The van der Waals surface area contributed by atoms with E-state index in [4.69, 9.17) is 27.9 Å². The molecule has 28 heavy (non-hydrogen) atoms. The second-order valence-electron chi connectivity index (χ2n) is 6.10. The Morgan fingerprint density at radius 3 is 2.61 bits per heavy atom. The lowest BCUT2D eigenvalue weighted by atomic mass is 10.1. The van der Waals surface area contributed by atoms with Crippen LogP contribution in [0.5, 0.6) is 5.75 Å². The highest BCUT2D eigenvalue weighted by Crippen LogP contribution is 2.22. The van der Waals surface area contributed by atoms with Gasteiger partial charge in [-0.1, -0.05) is 29.3 Å². The summed E-state index contributed by atoms with van der Waals surface area (Å²) < 4.78 is 5.44. The van der Waals surface area contributed by atoms with Crippen LogP contribution in [0.3, 0.4) is 0 Å². The molecule has 0 aliphatic heterocycles. The largest absolute Gasteiger partial charge is 0.484 e. The first-order valence-corrected chi connectivity index (χ1v) is 9.14. The van der Waals surface area contributed by atoms with E-state index in [1.165, 1.54) is 6.07 Å². The second-order valence-corrected chi connectivity index (χ2v) is 6.92. The monoisotopic (exact) mass is 418 g/mol. The van der Waals surface area contributed by atoms with Crippen LogP contribution < -0.4 is 15.6 Å². The third kappa shape index (κ3) is 5.34. The highest BCUT2D eigenvalue weighted by atomic mass is 35.5. The Hall–Kier alpha value is -2.83. The van der Waals surface area contributed by atoms with Crippen LogP contribution in [0.4, 0.5) is 0 Å². The zero-order valence-corrected chi connectivity index (χ0v) is 16.1. The fraction of sp³-hybridized carbons (Fsp3) is 0.150. The molecule has 1 amide bonds. The SMILES string of the molecule is O=C(CNC(=O)COc1ccc2[nH]c(=O)ccc2c1)Cc1ccc(Cl)c(Cl)c1. The smallest absolute Gasteiger partial charge is 0.258 e. The van der Waals surface area contributed by atoms with Crippen molar-refractivity contribution in [2.24, 2.45) is 0 Å². The number of benzene rings is 2. The lowest BCUT2D eigenvalue weighted by Gasteiger charge is -2.08. The lowest BCUT2D eigenvalue weighted by molar-refractivity contribution is -0.126. The molecule has 0 radical (unpaired) electrons. The highest BCUT2D eigenvalue weighted by molar-refractivity contribution is 6.42. The van der Waals surface area contributed by atoms with Crippen molar-refractivity contribution in [2.75, 3.05) is 13.2 Å². The van der Waals surface area contributed by atoms with Crippen molar-refractivity contribution in [1.82, 2.24) is 10.3 Å². The predicted octanol–water partition coefficient (Wildman–Crippen LogP) is 3.14. The third-order valence-electron chi connectivity index (χ3n) is 3.93. The number of halogens is 2. The van der Waals surface area contributed by atoms with Gasteiger partial charge in [-0.25, -0.2) is 0 Å². The maximum atomic E-state index is 12.0. The fourth-order valence-corrected chi connectivity index (χ4v) is 2.88. The van der Waals surface area contributed by atoms with Crippen molar-refractivity contribution in [3.63, 3.8) is 0 Å². The molecule has 1 aromatic heterocycles. The van der Waals surface area contributed by atoms with Gasteiger partial charge in [-0.15, -0.1) is 0 Å². The topological polar surface area (TPSA) is 88.3 Å². The molecule has 0 bridgehead atoms. The van der Waals surface area contributed by atoms with E-state index in [9.17, 15) is 14.4 Å². The summed E-state index contributed by atoms with van der Waals surface area (Å²) in [4.78, 5) is 37.9. The summed E-state index contributed by atoms with van der Waals surface area (Å²) in [6, 6.07) is 13.1. The van der Waals surface area contributed by atoms with Crippen LogP contribution in [0.15, 0.2) is 53.3 Å². The van der Waals surface area contributed by atoms with Gasteiger partial charge in [-0.2, -0.15) is 0 Å². The average molecular weight is 419 g/mol. The number of hydrogen-bond acceptors (Lipinski definition) is 4. The van der Waals surface area contributed by atoms with E-state index in [0.29, 0.717) is 21.3 Å². The first kappa shape index (κ1) is 19.9. The maximum absolute atomic E-state index is 12.0. The second kappa shape index (κ2) is 8.91. The zero-order chi connectivity index (χ0) is 20.1. The normalized spacial score (nSPS) is 10.6. The summed E-state index contributed by atoms with van der Waals surface area (Å²) >= 11 is 11.8. The van der Waals surface area contributed by atoms with Crippen molar-refractivity contribution in [3.05, 3.63) is 74.5 Å². The molecule has 3 rings (SSSR count). The number of hydrogen-bond donors (Lipinski definition) is 2. The van der Waals surface area contributed by atoms with Crippen molar-refractivity contribution in [3.8, 4) is 5.75 Å². The van der Waals surface area contributed by atoms with Gasteiger partial charge in [0.2, 0.25) is 5.56 Å². The van der Waals surface area contributed by atoms with Crippen LogP contribution >= 0.6 is 23.2 Å². The Morgan fingerprint density at radius 1 is 1.00 bits per heavy atom. The first-order valence-electron chi connectivity index (χ1n) is 8.39. The molecule has 2 aromatic carbocycles. The zero-order valence-electron chi connectivity index (χ0n) is 14.6. The van der Waals surface area contributed by atoms with Gasteiger partial charge >= 0.3 is 0 Å². The molecule has 1 heterocycles. The predicted molar refractivity (Wildman–Crippen MR) is 108 cm³/mol. The summed E-state index contributed by atoms with van der Waals surface area (Å²) in [5.41, 5.74) is 1.21. The molecule has 3 aromatic rings. The minimum atomic E-state index is -0.413. The molecule has 0 unspecified atom stereocenters. The molecular weight excluding hydrogens is 403 g/mol. The number of carbonyl (C=O) groups excluding carboxylic acids is 2. The number of nitrogens with one attached hydrogen (secondary N) is 2. The number of amides is 1. The molecule has 144 valence electrons. The van der Waals surface area contributed by atoms with Crippen LogP contribution in [0.25, 0.3) is 10.9 Å². The van der Waals surface area contributed by atoms with Gasteiger partial charge in [0.05, 0.1) is 16.6 Å². The standard InChI is InChI=1S/C20H16Cl2N2O4/c21-16-4-1-12(8-17(16)22)7-14(25)10-23-20(27)11-28-15-3-5-18-13(9-15)2-6-19(26)24-18/h1-6,8-9H,7,10-11H2,(H,23,27)(H,24,26). The Labute approximate surface area is 170 Å². The summed E-state index contributed by atoms with van der Waals surface area (Å²) in [7, 11) is 0. The van der Waals surface area contributed by atoms with Gasteiger partial charge in [-0.05, 0) is 42.0 Å². The van der Waals surface area contributed by atoms with Gasteiger partial charge in [-0.3, -0.25) is 14.4 Å². The molecule has 0 atom stereocenters. The Balaban J connectivity index is 1.47. The molecule has 0 fully saturated rings. The Kier molecular flexibility index (Phi) is 6.34. The van der Waals surface area contributed by atoms with E-state index in [1.807, 2.05) is 0 Å². The average Bonchev–Trinajstić information content (AvgIpc) is 2.67. The van der Waals surface area contributed by atoms with Crippen LogP contribution in [0.2, 0.25) is 10.0 Å². The summed E-state index contributed by atoms with van der Waals surface area (Å²) in [6.45, 7) is -0.337. The summed E-state index contributed by atoms with van der Waals surface area (Å²) in [5.74, 6) is -0.0951. The Morgan fingerprint density at radius 2 is 1.82 bits per heavy atom. The van der Waals surface area contributed by atoms with Crippen molar-refractivity contribution in [1.29, 1.82) is 0 Å². The number of H-pyrrole nitrogens is 1. The quantitative estimate of drug-likeness (QED) is 0.616. The molecule has 0 spiro atoms. The van der Waals surface area contributed by atoms with Gasteiger partial charge in [0.15, 0.2) is 12.4 Å². The summed E-state index contributed by atoms with van der Waals surface area (Å²) in [5, 5.41) is 4.11. The molecule has 0 saturated heterocycles. The molecule has 0 aliphatic rings. The van der Waals surface area contributed by atoms with Crippen LogP contribution in [-0.2, 0) is 16.0 Å². The number of aromatic nitrogens is 1. The van der Waals surface area contributed by atoms with E-state index in [2.05, 4.69) is 10.3 Å². The molecule has 8 heteroatoms. The van der Waals surface area contributed by atoms with Crippen LogP contribution in [0, 0.1) is 0 Å². The van der Waals surface area contributed by atoms with Gasteiger partial charge < -0.3 is 15.0 Å². The summed E-state index contributed by atoms with van der Waals surface area (Å²) in [6.07, 6.45) is 0.140. The first-order chi connectivity index (χ1) is 13.4. The molecule has 6 nitrogen and oxygen atoms in total. The van der Waals surface area contributed by atoms with E-state index in [1.54, 1.807) is 42.5 Å². The molecular formula is C20H16Cl2N2O4. The van der Waals surface area contributed by atoms with Gasteiger partial charge in [0.25, 0.3) is 5.91 Å². The maximum Gasteiger partial charge on any atom is 0.258 e. The van der Waals surface area contributed by atoms with E-state index in [0.717, 1.165) is 10.9 Å². The Bertz CT molecular complexity index is 1100. The number of carbonyl (C=O) groups is 2. The van der Waals surface area contributed by atoms with Gasteiger partial charge in [0, 0.05) is 23.4 Å². The minimum absolute atomic E-state index is 0.110. The number of fused-ring (bicyclic) bond motifs is 1. The van der Waals surface area contributed by atoms with Crippen LogP contribution in [-0.4, -0.2) is 29.8 Å². The highest BCUT2D eigenvalue weighted by Gasteiger charge is 2.09. The van der Waals surface area contributed by atoms with Crippen LogP contribution in [0.1, 0.15) is 5.56 Å². The number of aromatic amines is 1. The number of ether oxygens (including phenoxy) is 1. The minimum Gasteiger partial charge on any atom is -0.484 e. The fourth-order valence-electron chi connectivity index (χ4n) is 2.56. The van der Waals surface area contributed by atoms with E-state index >= 15 is 0 Å². The van der Waals surface area contributed by atoms with Crippen molar-refractivity contribution < 1.29 is 14.3 Å². The number of pyridine rings is 1. The van der Waals surface area contributed by atoms with Gasteiger partial charge in [0.1, 0.15) is 5.75 Å². The number of ketones is 1. The lowest BCUT2D eigenvalue weighted by Crippen LogP contribution is -2.33. The van der Waals surface area contributed by atoms with E-state index < -0.39 is 5.91 Å². The van der Waals surface area contributed by atoms with Crippen molar-refractivity contribution >= 4 is 45.8 Å². The molecule has 0 aliphatic carbocycles.